The van der Waals surface area contributed by atoms with Crippen LogP contribution < -0.4 is 15.2 Å². The van der Waals surface area contributed by atoms with Crippen molar-refractivity contribution in [2.45, 2.75) is 44.7 Å². The maximum absolute atomic E-state index is 10.9. The molecule has 2 aromatic carbocycles. The third-order valence-electron chi connectivity index (χ3n) is 6.52. The largest absolute Gasteiger partial charge is 0.493 e. The van der Waals surface area contributed by atoms with E-state index in [0.29, 0.717) is 17.4 Å². The van der Waals surface area contributed by atoms with Gasteiger partial charge in [0.15, 0.2) is 18.1 Å². The standard InChI is InChI=1S/C24H30N2O4/c1-14-4-5-15(2)17(8-14)19-12-26-7-6-16-9-23(30-13-24(27)28)22(29-3)10-18(16)21(26)11-20(19)25/h4-5,8-10,19-21H,6-7,11-13,25H2,1-3H3,(H,27,28)/t19-,20+,21+/m0/s1. The number of carboxylic acids is 1. The van der Waals surface area contributed by atoms with Gasteiger partial charge in [-0.15, -0.1) is 0 Å². The lowest BCUT2D eigenvalue weighted by Gasteiger charge is -2.46. The minimum absolute atomic E-state index is 0.0756. The maximum Gasteiger partial charge on any atom is 0.341 e. The Morgan fingerprint density at radius 1 is 1.20 bits per heavy atom. The van der Waals surface area contributed by atoms with Gasteiger partial charge in [0.25, 0.3) is 0 Å². The normalized spacial score (nSPS) is 23.4. The summed E-state index contributed by atoms with van der Waals surface area (Å²) in [5.41, 5.74) is 13.1. The Morgan fingerprint density at radius 3 is 2.73 bits per heavy atom. The first-order chi connectivity index (χ1) is 14.4. The first-order valence-corrected chi connectivity index (χ1v) is 10.5. The summed E-state index contributed by atoms with van der Waals surface area (Å²) >= 11 is 0. The number of aliphatic carboxylic acids is 1. The number of nitrogens with zero attached hydrogens (tertiary/aromatic N) is 1. The lowest BCUT2D eigenvalue weighted by atomic mass is 9.77. The zero-order valence-electron chi connectivity index (χ0n) is 17.9. The van der Waals surface area contributed by atoms with E-state index in [1.165, 1.54) is 27.8 Å². The van der Waals surface area contributed by atoms with Crippen molar-refractivity contribution in [2.24, 2.45) is 5.73 Å². The number of carboxylic acid groups (broad SMARTS) is 1. The van der Waals surface area contributed by atoms with Gasteiger partial charge in [0, 0.05) is 31.1 Å². The minimum atomic E-state index is -1.00. The number of hydrogen-bond donors (Lipinski definition) is 2. The van der Waals surface area contributed by atoms with Crippen LogP contribution in [0.3, 0.4) is 0 Å². The average molecular weight is 411 g/mol. The zero-order chi connectivity index (χ0) is 21.4. The molecular weight excluding hydrogens is 380 g/mol. The number of ether oxygens (including phenoxy) is 2. The van der Waals surface area contributed by atoms with Crippen LogP contribution in [0.5, 0.6) is 11.5 Å². The molecule has 6 nitrogen and oxygen atoms in total. The molecule has 0 radical (unpaired) electrons. The smallest absolute Gasteiger partial charge is 0.341 e. The molecule has 2 aliphatic rings. The summed E-state index contributed by atoms with van der Waals surface area (Å²) in [6.07, 6.45) is 1.78. The number of aryl methyl sites for hydroxylation is 2. The molecular formula is C24H30N2O4. The van der Waals surface area contributed by atoms with Crippen LogP contribution in [-0.2, 0) is 11.2 Å². The van der Waals surface area contributed by atoms with E-state index in [1.54, 1.807) is 7.11 Å². The number of nitrogens with two attached hydrogens (primary N) is 1. The van der Waals surface area contributed by atoms with Gasteiger partial charge in [-0.3, -0.25) is 4.90 Å². The van der Waals surface area contributed by atoms with Crippen LogP contribution >= 0.6 is 0 Å². The van der Waals surface area contributed by atoms with Crippen LogP contribution in [0.1, 0.15) is 46.2 Å². The summed E-state index contributed by atoms with van der Waals surface area (Å²) in [4.78, 5) is 13.4. The summed E-state index contributed by atoms with van der Waals surface area (Å²) in [6, 6.07) is 10.9. The van der Waals surface area contributed by atoms with Crippen molar-refractivity contribution in [1.82, 2.24) is 4.90 Å². The third-order valence-corrected chi connectivity index (χ3v) is 6.52. The molecule has 2 heterocycles. The molecule has 1 fully saturated rings. The molecule has 0 saturated carbocycles. The molecule has 3 N–H and O–H groups in total. The highest BCUT2D eigenvalue weighted by molar-refractivity contribution is 5.68. The molecule has 4 rings (SSSR count). The molecule has 0 bridgehead atoms. The van der Waals surface area contributed by atoms with Gasteiger partial charge in [-0.05, 0) is 61.1 Å². The molecule has 0 aliphatic carbocycles. The number of benzene rings is 2. The second-order valence-electron chi connectivity index (χ2n) is 8.51. The first kappa shape index (κ1) is 20.7. The number of hydrogen-bond acceptors (Lipinski definition) is 5. The van der Waals surface area contributed by atoms with Crippen molar-refractivity contribution in [3.63, 3.8) is 0 Å². The van der Waals surface area contributed by atoms with E-state index >= 15 is 0 Å². The van der Waals surface area contributed by atoms with Crippen molar-refractivity contribution in [1.29, 1.82) is 0 Å². The molecule has 0 unspecified atom stereocenters. The van der Waals surface area contributed by atoms with Gasteiger partial charge in [-0.25, -0.2) is 4.79 Å². The van der Waals surface area contributed by atoms with Crippen molar-refractivity contribution >= 4 is 5.97 Å². The monoisotopic (exact) mass is 410 g/mol. The topological polar surface area (TPSA) is 85.0 Å². The van der Waals surface area contributed by atoms with Crippen LogP contribution in [0.25, 0.3) is 0 Å². The lowest BCUT2D eigenvalue weighted by Crippen LogP contribution is -2.49. The van der Waals surface area contributed by atoms with Gasteiger partial charge in [-0.2, -0.15) is 0 Å². The van der Waals surface area contributed by atoms with Crippen molar-refractivity contribution < 1.29 is 19.4 Å². The van der Waals surface area contributed by atoms with E-state index in [9.17, 15) is 4.79 Å². The quantitative estimate of drug-likeness (QED) is 0.788. The number of fused-ring (bicyclic) bond motifs is 3. The van der Waals surface area contributed by atoms with Crippen molar-refractivity contribution in [3.05, 3.63) is 58.1 Å². The van der Waals surface area contributed by atoms with Crippen LogP contribution in [0.4, 0.5) is 0 Å². The number of piperidine rings is 1. The molecule has 2 aliphatic heterocycles. The predicted octanol–water partition coefficient (Wildman–Crippen LogP) is 3.19. The van der Waals surface area contributed by atoms with E-state index in [-0.39, 0.29) is 18.7 Å². The van der Waals surface area contributed by atoms with E-state index < -0.39 is 5.97 Å². The summed E-state index contributed by atoms with van der Waals surface area (Å²) in [5, 5.41) is 8.93. The highest BCUT2D eigenvalue weighted by Gasteiger charge is 2.39. The summed E-state index contributed by atoms with van der Waals surface area (Å²) < 4.78 is 11.0. The molecule has 0 amide bonds. The Morgan fingerprint density at radius 2 is 2.00 bits per heavy atom. The maximum atomic E-state index is 10.9. The minimum Gasteiger partial charge on any atom is -0.493 e. The highest BCUT2D eigenvalue weighted by atomic mass is 16.5. The van der Waals surface area contributed by atoms with E-state index in [2.05, 4.69) is 36.9 Å². The molecule has 0 spiro atoms. The van der Waals surface area contributed by atoms with Gasteiger partial charge < -0.3 is 20.3 Å². The SMILES string of the molecule is COc1cc2c(cc1OCC(=O)O)CCN1C[C@@H](c3cc(C)ccc3C)[C@H](N)C[C@H]21. The molecule has 2 aromatic rings. The van der Waals surface area contributed by atoms with Crippen LogP contribution in [0, 0.1) is 13.8 Å². The van der Waals surface area contributed by atoms with Gasteiger partial charge in [0.05, 0.1) is 7.11 Å². The Balaban J connectivity index is 1.62. The number of rotatable bonds is 5. The van der Waals surface area contributed by atoms with Gasteiger partial charge in [0.2, 0.25) is 0 Å². The molecule has 1 saturated heterocycles. The van der Waals surface area contributed by atoms with Gasteiger partial charge in [0.1, 0.15) is 0 Å². The second kappa shape index (κ2) is 8.28. The Hall–Kier alpha value is -2.57. The zero-order valence-corrected chi connectivity index (χ0v) is 17.9. The second-order valence-corrected chi connectivity index (χ2v) is 8.51. The summed E-state index contributed by atoms with van der Waals surface area (Å²) in [5.74, 6) is 0.377. The molecule has 6 heteroatoms. The average Bonchev–Trinajstić information content (AvgIpc) is 2.72. The lowest BCUT2D eigenvalue weighted by molar-refractivity contribution is -0.139. The van der Waals surface area contributed by atoms with Crippen LogP contribution in [0.2, 0.25) is 0 Å². The van der Waals surface area contributed by atoms with Crippen molar-refractivity contribution in [3.8, 4) is 11.5 Å². The fraction of sp³-hybridized carbons (Fsp3) is 0.458. The van der Waals surface area contributed by atoms with E-state index in [1.807, 2.05) is 12.1 Å². The van der Waals surface area contributed by atoms with E-state index in [0.717, 1.165) is 25.9 Å². The molecule has 160 valence electrons. The first-order valence-electron chi connectivity index (χ1n) is 10.5. The molecule has 30 heavy (non-hydrogen) atoms. The third kappa shape index (κ3) is 3.89. The van der Waals surface area contributed by atoms with Crippen LogP contribution in [-0.4, -0.2) is 48.8 Å². The fourth-order valence-corrected chi connectivity index (χ4v) is 4.97. The predicted molar refractivity (Wildman–Crippen MR) is 115 cm³/mol. The Kier molecular flexibility index (Phi) is 5.71. The van der Waals surface area contributed by atoms with Gasteiger partial charge >= 0.3 is 5.97 Å². The van der Waals surface area contributed by atoms with Crippen LogP contribution in [0.15, 0.2) is 30.3 Å². The number of carbonyl (C=O) groups is 1. The van der Waals surface area contributed by atoms with Crippen molar-refractivity contribution in [2.75, 3.05) is 26.8 Å². The van der Waals surface area contributed by atoms with Gasteiger partial charge in [-0.1, -0.05) is 23.8 Å². The highest BCUT2D eigenvalue weighted by Crippen LogP contribution is 2.44. The molecule has 0 aromatic heterocycles. The Labute approximate surface area is 177 Å². The molecule has 3 atom stereocenters. The number of methoxy groups -OCH3 is 1. The summed E-state index contributed by atoms with van der Waals surface area (Å²) in [6.45, 7) is 5.81. The Bertz CT molecular complexity index is 958. The van der Waals surface area contributed by atoms with E-state index in [4.69, 9.17) is 20.3 Å². The summed E-state index contributed by atoms with van der Waals surface area (Å²) in [7, 11) is 1.58. The fourth-order valence-electron chi connectivity index (χ4n) is 4.97.